The average molecular weight is 140 g/mol. The molecule has 0 fully saturated rings. The SMILES string of the molecule is CC#CN=NC(C)C(=O)O. The van der Waals surface area contributed by atoms with Crippen molar-refractivity contribution < 1.29 is 9.90 Å². The van der Waals surface area contributed by atoms with Gasteiger partial charge in [0.05, 0.1) is 6.04 Å². The zero-order chi connectivity index (χ0) is 7.98. The van der Waals surface area contributed by atoms with E-state index in [0.29, 0.717) is 0 Å². The molecule has 1 N–H and O–H groups in total. The molecule has 1 unspecified atom stereocenters. The summed E-state index contributed by atoms with van der Waals surface area (Å²) in [6.07, 6.45) is 0. The number of hydrogen-bond donors (Lipinski definition) is 1. The van der Waals surface area contributed by atoms with Crippen molar-refractivity contribution in [2.75, 3.05) is 0 Å². The first kappa shape index (κ1) is 8.63. The number of carbonyl (C=O) groups is 1. The summed E-state index contributed by atoms with van der Waals surface area (Å²) in [5.74, 6) is 1.46. The molecule has 0 aliphatic carbocycles. The van der Waals surface area contributed by atoms with Gasteiger partial charge in [-0.3, -0.25) is 0 Å². The summed E-state index contributed by atoms with van der Waals surface area (Å²) in [5.41, 5.74) is 0. The first-order chi connectivity index (χ1) is 4.68. The topological polar surface area (TPSA) is 62.0 Å². The van der Waals surface area contributed by atoms with Crippen LogP contribution in [0.15, 0.2) is 10.2 Å². The van der Waals surface area contributed by atoms with E-state index in [1.807, 2.05) is 0 Å². The Hall–Kier alpha value is -1.37. The minimum absolute atomic E-state index is 0.805. The molecule has 0 heterocycles. The van der Waals surface area contributed by atoms with E-state index in [0.717, 1.165) is 0 Å². The molecular formula is C6H8N2O2. The smallest absolute Gasteiger partial charge is 0.330 e. The summed E-state index contributed by atoms with van der Waals surface area (Å²) in [7, 11) is 0. The lowest BCUT2D eigenvalue weighted by atomic mass is 10.4. The molecule has 0 saturated carbocycles. The highest BCUT2D eigenvalue weighted by atomic mass is 16.4. The van der Waals surface area contributed by atoms with Gasteiger partial charge in [0.15, 0.2) is 6.04 Å². The molecule has 0 rings (SSSR count). The Morgan fingerprint density at radius 3 is 2.70 bits per heavy atom. The molecule has 0 radical (unpaired) electrons. The first-order valence-corrected chi connectivity index (χ1v) is 2.73. The van der Waals surface area contributed by atoms with E-state index in [4.69, 9.17) is 5.11 Å². The summed E-state index contributed by atoms with van der Waals surface area (Å²) in [6, 6.07) is 1.47. The molecule has 0 saturated heterocycles. The fourth-order valence-corrected chi connectivity index (χ4v) is 0.215. The van der Waals surface area contributed by atoms with Crippen LogP contribution in [-0.2, 0) is 4.79 Å². The molecule has 0 bridgehead atoms. The molecule has 4 nitrogen and oxygen atoms in total. The van der Waals surface area contributed by atoms with Gasteiger partial charge in [0.1, 0.15) is 0 Å². The van der Waals surface area contributed by atoms with Crippen molar-refractivity contribution in [3.63, 3.8) is 0 Å². The van der Waals surface area contributed by atoms with Crippen molar-refractivity contribution in [3.8, 4) is 12.0 Å². The van der Waals surface area contributed by atoms with Gasteiger partial charge in [-0.25, -0.2) is 4.79 Å². The second-order valence-electron chi connectivity index (χ2n) is 1.59. The number of aliphatic carboxylic acids is 1. The van der Waals surface area contributed by atoms with Crippen LogP contribution in [0.4, 0.5) is 0 Å². The van der Waals surface area contributed by atoms with Crippen molar-refractivity contribution in [3.05, 3.63) is 0 Å². The molecule has 0 aromatic heterocycles. The minimum Gasteiger partial charge on any atom is -0.480 e. The fraction of sp³-hybridized carbons (Fsp3) is 0.500. The van der Waals surface area contributed by atoms with Crippen LogP contribution >= 0.6 is 0 Å². The van der Waals surface area contributed by atoms with Crippen LogP contribution in [0, 0.1) is 12.0 Å². The van der Waals surface area contributed by atoms with Gasteiger partial charge >= 0.3 is 5.97 Å². The Morgan fingerprint density at radius 1 is 1.70 bits per heavy atom. The minimum atomic E-state index is -0.998. The van der Waals surface area contributed by atoms with Crippen LogP contribution in [0.2, 0.25) is 0 Å². The van der Waals surface area contributed by atoms with Gasteiger partial charge in [0, 0.05) is 0 Å². The van der Waals surface area contributed by atoms with E-state index in [2.05, 4.69) is 22.2 Å². The summed E-state index contributed by atoms with van der Waals surface area (Å²) < 4.78 is 0. The molecule has 4 heteroatoms. The summed E-state index contributed by atoms with van der Waals surface area (Å²) in [6.45, 7) is 3.04. The molecule has 0 amide bonds. The van der Waals surface area contributed by atoms with Crippen LogP contribution in [0.25, 0.3) is 0 Å². The van der Waals surface area contributed by atoms with Crippen molar-refractivity contribution in [2.24, 2.45) is 10.2 Å². The molecule has 0 aromatic rings. The van der Waals surface area contributed by atoms with Crippen LogP contribution in [-0.4, -0.2) is 17.1 Å². The zero-order valence-electron chi connectivity index (χ0n) is 5.83. The van der Waals surface area contributed by atoms with E-state index in [1.165, 1.54) is 6.92 Å². The Labute approximate surface area is 59.0 Å². The lowest BCUT2D eigenvalue weighted by Gasteiger charge is -1.91. The maximum atomic E-state index is 10.1. The van der Waals surface area contributed by atoms with Gasteiger partial charge in [0.2, 0.25) is 0 Å². The molecule has 0 aromatic carbocycles. The number of hydrogen-bond acceptors (Lipinski definition) is 3. The van der Waals surface area contributed by atoms with Crippen molar-refractivity contribution in [1.82, 2.24) is 0 Å². The quantitative estimate of drug-likeness (QED) is 0.457. The number of azo groups is 1. The van der Waals surface area contributed by atoms with Gasteiger partial charge in [-0.05, 0) is 13.8 Å². The Morgan fingerprint density at radius 2 is 2.30 bits per heavy atom. The van der Waals surface area contributed by atoms with Gasteiger partial charge < -0.3 is 5.11 Å². The number of carboxylic acid groups (broad SMARTS) is 1. The summed E-state index contributed by atoms with van der Waals surface area (Å²) in [4.78, 5) is 10.1. The highest BCUT2D eigenvalue weighted by Crippen LogP contribution is 1.88. The Kier molecular flexibility index (Phi) is 3.89. The second kappa shape index (κ2) is 4.50. The fourth-order valence-electron chi connectivity index (χ4n) is 0.215. The zero-order valence-corrected chi connectivity index (χ0v) is 5.83. The molecule has 0 aliphatic rings. The van der Waals surface area contributed by atoms with Gasteiger partial charge in [0.25, 0.3) is 0 Å². The van der Waals surface area contributed by atoms with Gasteiger partial charge in [-0.15, -0.1) is 5.11 Å². The number of nitrogens with zero attached hydrogens (tertiary/aromatic N) is 2. The Balaban J connectivity index is 3.85. The van der Waals surface area contributed by atoms with Crippen LogP contribution in [0.5, 0.6) is 0 Å². The maximum absolute atomic E-state index is 10.1. The Bertz CT molecular complexity index is 200. The monoisotopic (exact) mass is 140 g/mol. The largest absolute Gasteiger partial charge is 0.480 e. The van der Waals surface area contributed by atoms with Gasteiger partial charge in [-0.1, -0.05) is 5.92 Å². The summed E-state index contributed by atoms with van der Waals surface area (Å²) >= 11 is 0. The van der Waals surface area contributed by atoms with E-state index in [-0.39, 0.29) is 0 Å². The van der Waals surface area contributed by atoms with E-state index in [9.17, 15) is 4.79 Å². The van der Waals surface area contributed by atoms with Crippen molar-refractivity contribution >= 4 is 5.97 Å². The maximum Gasteiger partial charge on any atom is 0.330 e. The molecule has 10 heavy (non-hydrogen) atoms. The molecule has 1 atom stereocenters. The van der Waals surface area contributed by atoms with Crippen molar-refractivity contribution in [1.29, 1.82) is 0 Å². The van der Waals surface area contributed by atoms with Crippen molar-refractivity contribution in [2.45, 2.75) is 19.9 Å². The third kappa shape index (κ3) is 3.61. The molecular weight excluding hydrogens is 132 g/mol. The second-order valence-corrected chi connectivity index (χ2v) is 1.59. The van der Waals surface area contributed by atoms with E-state index >= 15 is 0 Å². The predicted molar refractivity (Wildman–Crippen MR) is 35.4 cm³/mol. The lowest BCUT2D eigenvalue weighted by molar-refractivity contribution is -0.138. The molecule has 54 valence electrons. The van der Waals surface area contributed by atoms with E-state index in [1.54, 1.807) is 6.92 Å². The summed E-state index contributed by atoms with van der Waals surface area (Å²) in [5, 5.41) is 14.9. The first-order valence-electron chi connectivity index (χ1n) is 2.73. The highest BCUT2D eigenvalue weighted by molar-refractivity contribution is 5.72. The highest BCUT2D eigenvalue weighted by Gasteiger charge is 2.06. The third-order valence-electron chi connectivity index (χ3n) is 0.750. The molecule has 0 spiro atoms. The standard InChI is InChI=1S/C6H8N2O2/c1-3-4-7-8-5(2)6(9)10/h5H,1-2H3,(H,9,10). The van der Waals surface area contributed by atoms with Crippen LogP contribution < -0.4 is 0 Å². The van der Waals surface area contributed by atoms with Gasteiger partial charge in [-0.2, -0.15) is 5.11 Å². The lowest BCUT2D eigenvalue weighted by Crippen LogP contribution is -2.11. The van der Waals surface area contributed by atoms with E-state index < -0.39 is 12.0 Å². The predicted octanol–water partition coefficient (Wildman–Crippen LogP) is 0.893. The third-order valence-corrected chi connectivity index (χ3v) is 0.750. The number of rotatable bonds is 2. The average Bonchev–Trinajstić information content (AvgIpc) is 1.88. The van der Waals surface area contributed by atoms with Crippen LogP contribution in [0.1, 0.15) is 13.8 Å². The number of carboxylic acids is 1. The molecule has 0 aliphatic heterocycles. The normalized spacial score (nSPS) is 12.2. The van der Waals surface area contributed by atoms with Crippen LogP contribution in [0.3, 0.4) is 0 Å².